The first-order valence-electron chi connectivity index (χ1n) is 10.8. The molecule has 2 nitrogen and oxygen atoms in total. The Morgan fingerprint density at radius 2 is 1.46 bits per heavy atom. The minimum absolute atomic E-state index is 0.0301. The first kappa shape index (κ1) is 20.6. The smallest absolute Gasteiger partial charge is 0.309 e. The minimum Gasteiger partial charge on any atom is -0.462 e. The number of benzene rings is 2. The van der Waals surface area contributed by atoms with Gasteiger partial charge >= 0.3 is 5.97 Å². The van der Waals surface area contributed by atoms with Crippen LogP contribution in [0, 0.1) is 23.7 Å². The number of esters is 1. The van der Waals surface area contributed by atoms with Gasteiger partial charge in [0.1, 0.15) is 6.10 Å². The van der Waals surface area contributed by atoms with Crippen LogP contribution in [0.2, 0.25) is 0 Å². The maximum absolute atomic E-state index is 13.3. The first-order valence-corrected chi connectivity index (χ1v) is 10.8. The zero-order valence-electron chi connectivity index (χ0n) is 17.5. The van der Waals surface area contributed by atoms with Crippen molar-refractivity contribution in [2.75, 3.05) is 0 Å². The fourth-order valence-electron chi connectivity index (χ4n) is 4.53. The van der Waals surface area contributed by atoms with Gasteiger partial charge in [-0.3, -0.25) is 4.79 Å². The number of hydrogen-bond acceptors (Lipinski definition) is 2. The highest BCUT2D eigenvalue weighted by Crippen LogP contribution is 2.36. The summed E-state index contributed by atoms with van der Waals surface area (Å²) in [6, 6.07) is 20.6. The third kappa shape index (κ3) is 5.70. The summed E-state index contributed by atoms with van der Waals surface area (Å²) in [5, 5.41) is 0. The highest BCUT2D eigenvalue weighted by Gasteiger charge is 2.35. The molecular weight excluding hydrogens is 344 g/mol. The third-order valence-corrected chi connectivity index (χ3v) is 6.21. The number of carbonyl (C=O) groups is 1. The Bertz CT molecular complexity index is 681. The lowest BCUT2D eigenvalue weighted by molar-refractivity contribution is -0.161. The summed E-state index contributed by atoms with van der Waals surface area (Å²) < 4.78 is 6.20. The van der Waals surface area contributed by atoms with E-state index >= 15 is 0 Å². The molecule has 0 aromatic heterocycles. The summed E-state index contributed by atoms with van der Waals surface area (Å²) in [4.78, 5) is 13.3. The van der Waals surface area contributed by atoms with E-state index in [2.05, 4.69) is 45.0 Å². The van der Waals surface area contributed by atoms with Gasteiger partial charge in [0.15, 0.2) is 0 Å². The van der Waals surface area contributed by atoms with Crippen molar-refractivity contribution < 1.29 is 9.53 Å². The Balaban J connectivity index is 1.75. The average Bonchev–Trinajstić information content (AvgIpc) is 2.69. The number of ether oxygens (including phenoxy) is 1. The third-order valence-electron chi connectivity index (χ3n) is 6.21. The molecule has 2 aromatic rings. The molecule has 150 valence electrons. The maximum atomic E-state index is 13.3. The highest BCUT2D eigenvalue weighted by molar-refractivity contribution is 5.73. The van der Waals surface area contributed by atoms with E-state index in [1.54, 1.807) is 0 Å². The molecule has 0 bridgehead atoms. The monoisotopic (exact) mass is 378 g/mol. The van der Waals surface area contributed by atoms with E-state index in [0.29, 0.717) is 17.8 Å². The van der Waals surface area contributed by atoms with Crippen LogP contribution >= 0.6 is 0 Å². The predicted molar refractivity (Wildman–Crippen MR) is 115 cm³/mol. The fourth-order valence-corrected chi connectivity index (χ4v) is 4.53. The van der Waals surface area contributed by atoms with Crippen molar-refractivity contribution in [1.29, 1.82) is 0 Å². The molecule has 2 aromatic carbocycles. The van der Waals surface area contributed by atoms with E-state index in [1.165, 1.54) is 24.0 Å². The number of hydrogen-bond donors (Lipinski definition) is 0. The summed E-state index contributed by atoms with van der Waals surface area (Å²) in [6.07, 6.45) is 4.92. The second kappa shape index (κ2) is 9.91. The van der Waals surface area contributed by atoms with Crippen LogP contribution in [0.3, 0.4) is 0 Å². The van der Waals surface area contributed by atoms with E-state index in [0.717, 1.165) is 19.3 Å². The van der Waals surface area contributed by atoms with Crippen molar-refractivity contribution in [2.24, 2.45) is 23.7 Å². The van der Waals surface area contributed by atoms with Gasteiger partial charge in [0.2, 0.25) is 0 Å². The largest absolute Gasteiger partial charge is 0.462 e. The van der Waals surface area contributed by atoms with Gasteiger partial charge in [0.25, 0.3) is 0 Å². The lowest BCUT2D eigenvalue weighted by atomic mass is 9.75. The van der Waals surface area contributed by atoms with Crippen molar-refractivity contribution in [1.82, 2.24) is 0 Å². The molecule has 0 unspecified atom stereocenters. The molecule has 0 saturated heterocycles. The van der Waals surface area contributed by atoms with Gasteiger partial charge in [-0.15, -0.1) is 0 Å². The topological polar surface area (TPSA) is 26.3 Å². The standard InChI is InChI=1S/C26H34O2/c1-19(2)24-15-14-20(3)16-25(24)28-26(27)23(17-21-10-6-4-7-11-21)18-22-12-8-5-9-13-22/h4-13,19-20,23-25H,14-18H2,1-3H3/t20-,24-,25+/m1/s1. The Morgan fingerprint density at radius 3 is 1.96 bits per heavy atom. The molecule has 2 heteroatoms. The van der Waals surface area contributed by atoms with E-state index in [9.17, 15) is 4.79 Å². The SMILES string of the molecule is CC(C)[C@H]1CC[C@@H](C)C[C@@H]1OC(=O)C(Cc1ccccc1)Cc1ccccc1. The van der Waals surface area contributed by atoms with Gasteiger partial charge in [0, 0.05) is 0 Å². The molecule has 3 rings (SSSR count). The predicted octanol–water partition coefficient (Wildman–Crippen LogP) is 6.09. The summed E-state index contributed by atoms with van der Waals surface area (Å²) in [5.74, 6) is 1.49. The first-order chi connectivity index (χ1) is 13.5. The van der Waals surface area contributed by atoms with Crippen LogP contribution in [0.15, 0.2) is 60.7 Å². The quantitative estimate of drug-likeness (QED) is 0.545. The molecule has 1 aliphatic carbocycles. The zero-order chi connectivity index (χ0) is 19.9. The van der Waals surface area contributed by atoms with Crippen molar-refractivity contribution in [3.8, 4) is 0 Å². The van der Waals surface area contributed by atoms with Crippen LogP contribution in [-0.4, -0.2) is 12.1 Å². The van der Waals surface area contributed by atoms with Gasteiger partial charge < -0.3 is 4.74 Å². The summed E-state index contributed by atoms with van der Waals surface area (Å²) >= 11 is 0. The van der Waals surface area contributed by atoms with Gasteiger partial charge in [-0.05, 0) is 54.6 Å². The molecule has 0 aliphatic heterocycles. The molecule has 0 amide bonds. The Morgan fingerprint density at radius 1 is 0.929 bits per heavy atom. The lowest BCUT2D eigenvalue weighted by Crippen LogP contribution is -2.38. The normalized spacial score (nSPS) is 22.4. The van der Waals surface area contributed by atoms with Gasteiger partial charge in [-0.25, -0.2) is 0 Å². The van der Waals surface area contributed by atoms with Crippen molar-refractivity contribution in [2.45, 2.75) is 59.0 Å². The van der Waals surface area contributed by atoms with Gasteiger partial charge in [-0.2, -0.15) is 0 Å². The van der Waals surface area contributed by atoms with Crippen LogP contribution in [0.25, 0.3) is 0 Å². The molecule has 0 spiro atoms. The van der Waals surface area contributed by atoms with Crippen LogP contribution in [0.1, 0.15) is 51.2 Å². The molecule has 28 heavy (non-hydrogen) atoms. The molecule has 1 fully saturated rings. The average molecular weight is 379 g/mol. The van der Waals surface area contributed by atoms with E-state index in [1.807, 2.05) is 36.4 Å². The molecule has 1 saturated carbocycles. The van der Waals surface area contributed by atoms with Crippen molar-refractivity contribution >= 4 is 5.97 Å². The molecule has 0 N–H and O–H groups in total. The van der Waals surface area contributed by atoms with E-state index in [-0.39, 0.29) is 18.0 Å². The highest BCUT2D eigenvalue weighted by atomic mass is 16.5. The van der Waals surface area contributed by atoms with E-state index < -0.39 is 0 Å². The Labute approximate surface area is 170 Å². The molecule has 0 radical (unpaired) electrons. The molecule has 1 aliphatic rings. The van der Waals surface area contributed by atoms with Crippen molar-refractivity contribution in [3.63, 3.8) is 0 Å². The van der Waals surface area contributed by atoms with Crippen LogP contribution < -0.4 is 0 Å². The van der Waals surface area contributed by atoms with E-state index in [4.69, 9.17) is 4.74 Å². The second-order valence-corrected chi connectivity index (χ2v) is 8.88. The number of rotatable bonds is 7. The lowest BCUT2D eigenvalue weighted by Gasteiger charge is -2.37. The summed E-state index contributed by atoms with van der Waals surface area (Å²) in [6.45, 7) is 6.79. The molecule has 0 heterocycles. The van der Waals surface area contributed by atoms with Crippen LogP contribution in [-0.2, 0) is 22.4 Å². The molecule has 3 atom stereocenters. The second-order valence-electron chi connectivity index (χ2n) is 8.88. The van der Waals surface area contributed by atoms with Crippen LogP contribution in [0.4, 0.5) is 0 Å². The van der Waals surface area contributed by atoms with Gasteiger partial charge in [0.05, 0.1) is 5.92 Å². The maximum Gasteiger partial charge on any atom is 0.309 e. The zero-order valence-corrected chi connectivity index (χ0v) is 17.5. The Kier molecular flexibility index (Phi) is 7.30. The fraction of sp³-hybridized carbons (Fsp3) is 0.500. The van der Waals surface area contributed by atoms with Crippen LogP contribution in [0.5, 0.6) is 0 Å². The number of carbonyl (C=O) groups excluding carboxylic acids is 1. The summed E-state index contributed by atoms with van der Waals surface area (Å²) in [7, 11) is 0. The molecular formula is C26H34O2. The van der Waals surface area contributed by atoms with Gasteiger partial charge in [-0.1, -0.05) is 87.9 Å². The van der Waals surface area contributed by atoms with Crippen molar-refractivity contribution in [3.05, 3.63) is 71.8 Å². The minimum atomic E-state index is -0.144. The Hall–Kier alpha value is -2.09. The summed E-state index contributed by atoms with van der Waals surface area (Å²) in [5.41, 5.74) is 2.38.